The zero-order valence-electron chi connectivity index (χ0n) is 5.03. The van der Waals surface area contributed by atoms with Gasteiger partial charge in [0, 0.05) is 21.6 Å². The number of rotatable bonds is 1. The zero-order chi connectivity index (χ0) is 7.56. The first-order valence-electron chi connectivity index (χ1n) is 2.67. The normalized spacial score (nSPS) is 9.80. The van der Waals surface area contributed by atoms with Crippen LogP contribution in [0.1, 0.15) is 5.56 Å². The van der Waals surface area contributed by atoms with E-state index in [-0.39, 0.29) is 5.56 Å². The summed E-state index contributed by atoms with van der Waals surface area (Å²) in [5.41, 5.74) is 0.675. The second kappa shape index (κ2) is 3.34. The lowest BCUT2D eigenvalue weighted by Gasteiger charge is -1.95. The molecule has 0 aliphatic heterocycles. The third-order valence-corrected chi connectivity index (χ3v) is 2.44. The summed E-state index contributed by atoms with van der Waals surface area (Å²) in [6.45, 7) is 0. The molecule has 0 aliphatic rings. The van der Waals surface area contributed by atoms with Crippen LogP contribution in [-0.2, 0) is 5.33 Å². The van der Waals surface area contributed by atoms with Crippen molar-refractivity contribution in [3.8, 4) is 0 Å². The molecule has 0 unspecified atom stereocenters. The van der Waals surface area contributed by atoms with E-state index in [1.807, 2.05) is 0 Å². The molecule has 4 heteroatoms. The maximum Gasteiger partial charge on any atom is 0.253 e. The monoisotopic (exact) mass is 265 g/mol. The van der Waals surface area contributed by atoms with E-state index in [0.29, 0.717) is 5.33 Å². The second-order valence-corrected chi connectivity index (χ2v) is 3.18. The van der Waals surface area contributed by atoms with Gasteiger partial charge in [0.15, 0.2) is 0 Å². The number of pyridine rings is 1. The number of alkyl halides is 1. The lowest BCUT2D eigenvalue weighted by Crippen LogP contribution is -2.10. The number of nitrogens with one attached hydrogen (secondary N) is 1. The van der Waals surface area contributed by atoms with Crippen LogP contribution in [0, 0.1) is 0 Å². The first-order valence-corrected chi connectivity index (χ1v) is 4.59. The highest BCUT2D eigenvalue weighted by Crippen LogP contribution is 2.13. The summed E-state index contributed by atoms with van der Waals surface area (Å²) >= 11 is 6.47. The third kappa shape index (κ3) is 1.49. The predicted molar refractivity (Wildman–Crippen MR) is 47.4 cm³/mol. The summed E-state index contributed by atoms with van der Waals surface area (Å²) in [5, 5.41) is 0.573. The van der Waals surface area contributed by atoms with Gasteiger partial charge in [-0.25, -0.2) is 0 Å². The van der Waals surface area contributed by atoms with Crippen molar-refractivity contribution in [2.45, 2.75) is 5.33 Å². The van der Waals surface area contributed by atoms with Crippen molar-refractivity contribution in [1.29, 1.82) is 0 Å². The maximum atomic E-state index is 11.0. The van der Waals surface area contributed by atoms with E-state index in [0.717, 1.165) is 10.0 Å². The molecule has 0 aromatic carbocycles. The minimum Gasteiger partial charge on any atom is -0.329 e. The Balaban J connectivity index is 3.31. The van der Waals surface area contributed by atoms with Crippen LogP contribution >= 0.6 is 31.9 Å². The van der Waals surface area contributed by atoms with Gasteiger partial charge in [-0.2, -0.15) is 0 Å². The number of hydrogen-bond donors (Lipinski definition) is 1. The Bertz CT molecular complexity index is 281. The molecule has 1 rings (SSSR count). The average Bonchev–Trinajstić information content (AvgIpc) is 1.88. The van der Waals surface area contributed by atoms with E-state index in [1.165, 1.54) is 0 Å². The Morgan fingerprint density at radius 1 is 1.60 bits per heavy atom. The Morgan fingerprint density at radius 3 is 2.70 bits per heavy atom. The van der Waals surface area contributed by atoms with Crippen molar-refractivity contribution < 1.29 is 0 Å². The van der Waals surface area contributed by atoms with Gasteiger partial charge in [0.05, 0.1) is 0 Å². The molecule has 0 amide bonds. The Kier molecular flexibility index (Phi) is 2.68. The van der Waals surface area contributed by atoms with E-state index in [4.69, 9.17) is 0 Å². The average molecular weight is 267 g/mol. The van der Waals surface area contributed by atoms with Gasteiger partial charge in [-0.3, -0.25) is 4.79 Å². The quantitative estimate of drug-likeness (QED) is 0.776. The lowest BCUT2D eigenvalue weighted by atomic mass is 10.3. The number of H-pyrrole nitrogens is 1. The molecule has 0 atom stereocenters. The summed E-state index contributed by atoms with van der Waals surface area (Å²) in [6, 6.07) is 1.80. The number of hydrogen-bond acceptors (Lipinski definition) is 1. The molecular weight excluding hydrogens is 262 g/mol. The SMILES string of the molecule is O=c1[nH]ccc(Br)c1CBr. The van der Waals surface area contributed by atoms with Crippen LogP contribution in [0.5, 0.6) is 0 Å². The van der Waals surface area contributed by atoms with Crippen LogP contribution in [0.2, 0.25) is 0 Å². The van der Waals surface area contributed by atoms with E-state index in [1.54, 1.807) is 12.3 Å². The van der Waals surface area contributed by atoms with Gasteiger partial charge < -0.3 is 4.98 Å². The summed E-state index contributed by atoms with van der Waals surface area (Å²) in [6.07, 6.45) is 1.61. The van der Waals surface area contributed by atoms with Crippen molar-refractivity contribution in [3.63, 3.8) is 0 Å². The van der Waals surface area contributed by atoms with Crippen molar-refractivity contribution >= 4 is 31.9 Å². The summed E-state index contributed by atoms with van der Waals surface area (Å²) in [7, 11) is 0. The molecule has 0 saturated heterocycles. The lowest BCUT2D eigenvalue weighted by molar-refractivity contribution is 1.16. The molecule has 0 radical (unpaired) electrons. The van der Waals surface area contributed by atoms with E-state index >= 15 is 0 Å². The molecule has 1 aromatic rings. The predicted octanol–water partition coefficient (Wildman–Crippen LogP) is 2.03. The molecule has 0 saturated carbocycles. The molecule has 10 heavy (non-hydrogen) atoms. The first kappa shape index (κ1) is 8.01. The van der Waals surface area contributed by atoms with Crippen LogP contribution < -0.4 is 5.56 Å². The Morgan fingerprint density at radius 2 is 2.30 bits per heavy atom. The van der Waals surface area contributed by atoms with Crippen molar-refractivity contribution in [2.24, 2.45) is 0 Å². The molecule has 1 N–H and O–H groups in total. The van der Waals surface area contributed by atoms with Crippen molar-refractivity contribution in [2.75, 3.05) is 0 Å². The Hall–Kier alpha value is -0.0900. The van der Waals surface area contributed by atoms with E-state index in [2.05, 4.69) is 36.8 Å². The molecule has 1 aromatic heterocycles. The Labute approximate surface area is 74.9 Å². The summed E-state index contributed by atoms with van der Waals surface area (Å²) < 4.78 is 0.841. The molecule has 2 nitrogen and oxygen atoms in total. The third-order valence-electron chi connectivity index (χ3n) is 1.14. The fraction of sp³-hybridized carbons (Fsp3) is 0.167. The van der Waals surface area contributed by atoms with E-state index in [9.17, 15) is 4.79 Å². The van der Waals surface area contributed by atoms with Crippen LogP contribution in [0.25, 0.3) is 0 Å². The van der Waals surface area contributed by atoms with Crippen LogP contribution in [0.15, 0.2) is 21.5 Å². The van der Waals surface area contributed by atoms with Gasteiger partial charge in [0.25, 0.3) is 5.56 Å². The summed E-state index contributed by atoms with van der Waals surface area (Å²) in [5.74, 6) is 0. The number of aromatic amines is 1. The van der Waals surface area contributed by atoms with Gasteiger partial charge in [0.1, 0.15) is 0 Å². The molecule has 0 aliphatic carbocycles. The zero-order valence-corrected chi connectivity index (χ0v) is 8.20. The fourth-order valence-corrected chi connectivity index (χ4v) is 2.00. The minimum absolute atomic E-state index is 0.0498. The highest BCUT2D eigenvalue weighted by atomic mass is 79.9. The number of aromatic nitrogens is 1. The van der Waals surface area contributed by atoms with Crippen molar-refractivity contribution in [3.05, 3.63) is 32.7 Å². The molecule has 1 heterocycles. The van der Waals surface area contributed by atoms with Crippen molar-refractivity contribution in [1.82, 2.24) is 4.98 Å². The standard InChI is InChI=1S/C6H5Br2NO/c7-3-4-5(8)1-2-9-6(4)10/h1-2H,3H2,(H,9,10). The first-order chi connectivity index (χ1) is 4.75. The molecule has 0 spiro atoms. The van der Waals surface area contributed by atoms with Crippen LogP contribution in [-0.4, -0.2) is 4.98 Å². The highest BCUT2D eigenvalue weighted by molar-refractivity contribution is 9.10. The van der Waals surface area contributed by atoms with Gasteiger partial charge in [-0.05, 0) is 6.07 Å². The van der Waals surface area contributed by atoms with E-state index < -0.39 is 0 Å². The minimum atomic E-state index is -0.0498. The topological polar surface area (TPSA) is 32.9 Å². The number of halogens is 2. The van der Waals surface area contributed by atoms with Gasteiger partial charge in [-0.15, -0.1) is 0 Å². The maximum absolute atomic E-state index is 11.0. The summed E-state index contributed by atoms with van der Waals surface area (Å²) in [4.78, 5) is 13.5. The molecule has 0 bridgehead atoms. The molecule has 0 fully saturated rings. The smallest absolute Gasteiger partial charge is 0.253 e. The van der Waals surface area contributed by atoms with Gasteiger partial charge in [-0.1, -0.05) is 31.9 Å². The molecule has 54 valence electrons. The van der Waals surface area contributed by atoms with Gasteiger partial charge >= 0.3 is 0 Å². The second-order valence-electron chi connectivity index (χ2n) is 1.77. The van der Waals surface area contributed by atoms with Crippen LogP contribution in [0.4, 0.5) is 0 Å². The fourth-order valence-electron chi connectivity index (χ4n) is 0.611. The van der Waals surface area contributed by atoms with Gasteiger partial charge in [0.2, 0.25) is 0 Å². The highest BCUT2D eigenvalue weighted by Gasteiger charge is 2.00. The molecular formula is C6H5Br2NO. The van der Waals surface area contributed by atoms with Crippen LogP contribution in [0.3, 0.4) is 0 Å². The largest absolute Gasteiger partial charge is 0.329 e.